The maximum absolute atomic E-state index is 13.4. The fraction of sp³-hybridized carbons (Fsp3) is 0.481. The Morgan fingerprint density at radius 2 is 1.76 bits per heavy atom. The van der Waals surface area contributed by atoms with E-state index in [9.17, 15) is 4.79 Å². The summed E-state index contributed by atoms with van der Waals surface area (Å²) in [6, 6.07) is 13.2. The van der Waals surface area contributed by atoms with E-state index in [1.807, 2.05) is 36.3 Å². The number of ether oxygens (including phenoxy) is 1. The summed E-state index contributed by atoms with van der Waals surface area (Å²) < 4.78 is 9.24. The Morgan fingerprint density at radius 1 is 1.00 bits per heavy atom. The van der Waals surface area contributed by atoms with Gasteiger partial charge < -0.3 is 14.6 Å². The van der Waals surface area contributed by atoms with E-state index < -0.39 is 0 Å². The maximum Gasteiger partial charge on any atom is 0.273 e. The van der Waals surface area contributed by atoms with Crippen LogP contribution in [0.2, 0.25) is 0 Å². The van der Waals surface area contributed by atoms with E-state index in [1.54, 1.807) is 4.68 Å². The fourth-order valence-electron chi connectivity index (χ4n) is 5.33. The van der Waals surface area contributed by atoms with E-state index in [2.05, 4.69) is 40.7 Å². The highest BCUT2D eigenvalue weighted by Gasteiger charge is 2.24. The summed E-state index contributed by atoms with van der Waals surface area (Å²) in [6.45, 7) is 2.32. The lowest BCUT2D eigenvalue weighted by atomic mass is 9.82. The van der Waals surface area contributed by atoms with Gasteiger partial charge in [0.1, 0.15) is 5.69 Å². The van der Waals surface area contributed by atoms with Crippen molar-refractivity contribution in [3.8, 4) is 11.1 Å². The van der Waals surface area contributed by atoms with Crippen LogP contribution >= 0.6 is 0 Å². The van der Waals surface area contributed by atoms with E-state index in [4.69, 9.17) is 4.74 Å². The van der Waals surface area contributed by atoms with Crippen molar-refractivity contribution in [2.75, 3.05) is 18.5 Å². The summed E-state index contributed by atoms with van der Waals surface area (Å²) in [6.07, 6.45) is 12.4. The topological polar surface area (TPSA) is 61.1 Å². The summed E-state index contributed by atoms with van der Waals surface area (Å²) in [5.74, 6) is 1.10. The van der Waals surface area contributed by atoms with E-state index in [-0.39, 0.29) is 5.56 Å². The molecule has 33 heavy (non-hydrogen) atoms. The van der Waals surface area contributed by atoms with Crippen LogP contribution in [-0.2, 0) is 18.3 Å². The molecule has 3 heterocycles. The van der Waals surface area contributed by atoms with E-state index >= 15 is 0 Å². The number of hydrogen-bond donors (Lipinski definition) is 1. The minimum Gasteiger partial charge on any atom is -0.381 e. The number of pyridine rings is 1. The molecule has 0 spiro atoms. The molecule has 1 aliphatic carbocycles. The molecule has 1 saturated carbocycles. The lowest BCUT2D eigenvalue weighted by Crippen LogP contribution is -2.32. The summed E-state index contributed by atoms with van der Waals surface area (Å²) in [5.41, 5.74) is 4.31. The second-order valence-electron chi connectivity index (χ2n) is 9.66. The molecule has 0 radical (unpaired) electrons. The molecule has 5 rings (SSSR count). The summed E-state index contributed by atoms with van der Waals surface area (Å²) in [7, 11) is 1.92. The van der Waals surface area contributed by atoms with Gasteiger partial charge in [-0.05, 0) is 62.0 Å². The molecule has 2 fully saturated rings. The van der Waals surface area contributed by atoms with Crippen molar-refractivity contribution in [1.82, 2.24) is 14.3 Å². The summed E-state index contributed by atoms with van der Waals surface area (Å²) >= 11 is 0. The van der Waals surface area contributed by atoms with Gasteiger partial charge >= 0.3 is 0 Å². The predicted molar refractivity (Wildman–Crippen MR) is 132 cm³/mol. The maximum atomic E-state index is 13.4. The second-order valence-corrected chi connectivity index (χ2v) is 9.66. The Morgan fingerprint density at radius 3 is 2.45 bits per heavy atom. The molecule has 1 N–H and O–H groups in total. The predicted octanol–water partition coefficient (Wildman–Crippen LogP) is 4.81. The molecule has 2 aromatic heterocycles. The normalized spacial score (nSPS) is 21.7. The molecule has 0 amide bonds. The zero-order chi connectivity index (χ0) is 22.6. The van der Waals surface area contributed by atoms with Crippen molar-refractivity contribution in [3.05, 3.63) is 70.9 Å². The highest BCUT2D eigenvalue weighted by molar-refractivity contribution is 5.65. The van der Waals surface area contributed by atoms with Gasteiger partial charge in [-0.1, -0.05) is 30.3 Å². The average Bonchev–Trinajstić information content (AvgIpc) is 3.29. The lowest BCUT2D eigenvalue weighted by molar-refractivity contribution is 0.0610. The fourth-order valence-corrected chi connectivity index (χ4v) is 5.33. The van der Waals surface area contributed by atoms with Crippen LogP contribution in [0.3, 0.4) is 0 Å². The molecule has 174 valence electrons. The highest BCUT2D eigenvalue weighted by Crippen LogP contribution is 2.34. The van der Waals surface area contributed by atoms with Crippen LogP contribution in [-0.4, -0.2) is 33.6 Å². The van der Waals surface area contributed by atoms with Gasteiger partial charge in [0, 0.05) is 56.4 Å². The van der Waals surface area contributed by atoms with Gasteiger partial charge in [-0.25, -0.2) is 0 Å². The number of hydrogen-bond acceptors (Lipinski definition) is 4. The van der Waals surface area contributed by atoms with Gasteiger partial charge in [-0.2, -0.15) is 5.10 Å². The zero-order valence-electron chi connectivity index (χ0n) is 19.5. The summed E-state index contributed by atoms with van der Waals surface area (Å²) in [4.78, 5) is 13.4. The highest BCUT2D eigenvalue weighted by atomic mass is 16.5. The number of rotatable bonds is 6. The standard InChI is InChI=1S/C27H34N4O2/c1-30-18-24(16-28-30)23-15-26(27(32)31(19-23)17-20-11-13-33-14-12-20)29-25-9-7-22(8-10-25)21-5-3-2-4-6-21/h2-6,15-16,18-20,22,25,29H,7-14,17H2,1H3. The Hall–Kier alpha value is -2.86. The molecule has 1 aliphatic heterocycles. The molecule has 0 bridgehead atoms. The molecule has 3 aromatic rings. The Labute approximate surface area is 195 Å². The van der Waals surface area contributed by atoms with Gasteiger partial charge in [0.15, 0.2) is 0 Å². The van der Waals surface area contributed by atoms with Gasteiger partial charge in [-0.15, -0.1) is 0 Å². The molecular weight excluding hydrogens is 412 g/mol. The molecule has 0 atom stereocenters. The van der Waals surface area contributed by atoms with Gasteiger partial charge in [0.2, 0.25) is 0 Å². The van der Waals surface area contributed by atoms with Crippen molar-refractivity contribution >= 4 is 5.69 Å². The minimum atomic E-state index is 0.0827. The molecule has 1 saturated heterocycles. The number of anilines is 1. The van der Waals surface area contributed by atoms with E-state index in [0.29, 0.717) is 23.6 Å². The number of benzene rings is 1. The van der Waals surface area contributed by atoms with Crippen molar-refractivity contribution in [1.29, 1.82) is 0 Å². The Kier molecular flexibility index (Phi) is 6.63. The third-order valence-corrected chi connectivity index (χ3v) is 7.28. The SMILES string of the molecule is Cn1cc(-c2cc(NC3CCC(c4ccccc4)CC3)c(=O)n(CC3CCOCC3)c2)cn1. The monoisotopic (exact) mass is 446 g/mol. The third-order valence-electron chi connectivity index (χ3n) is 7.28. The zero-order valence-corrected chi connectivity index (χ0v) is 19.5. The first-order valence-corrected chi connectivity index (χ1v) is 12.3. The number of aromatic nitrogens is 3. The Balaban J connectivity index is 1.35. The minimum absolute atomic E-state index is 0.0827. The second kappa shape index (κ2) is 9.96. The Bertz CT molecular complexity index is 1110. The molecule has 1 aromatic carbocycles. The van der Waals surface area contributed by atoms with Crippen LogP contribution in [0.15, 0.2) is 59.8 Å². The van der Waals surface area contributed by atoms with Crippen molar-refractivity contribution in [3.63, 3.8) is 0 Å². The van der Waals surface area contributed by atoms with Crippen LogP contribution < -0.4 is 10.9 Å². The first-order chi connectivity index (χ1) is 16.2. The van der Waals surface area contributed by atoms with Crippen LogP contribution in [0.5, 0.6) is 0 Å². The van der Waals surface area contributed by atoms with Gasteiger partial charge in [0.05, 0.1) is 6.20 Å². The number of nitrogens with one attached hydrogen (secondary N) is 1. The van der Waals surface area contributed by atoms with Crippen molar-refractivity contribution in [2.24, 2.45) is 13.0 Å². The smallest absolute Gasteiger partial charge is 0.273 e. The molecule has 2 aliphatic rings. The number of aryl methyl sites for hydroxylation is 1. The van der Waals surface area contributed by atoms with Crippen LogP contribution in [0.4, 0.5) is 5.69 Å². The van der Waals surface area contributed by atoms with Gasteiger partial charge in [0.25, 0.3) is 5.56 Å². The molecule has 6 heteroatoms. The number of nitrogens with zero attached hydrogens (tertiary/aromatic N) is 3. The first kappa shape index (κ1) is 22.0. The molecule has 0 unspecified atom stereocenters. The van der Waals surface area contributed by atoms with Crippen LogP contribution in [0, 0.1) is 5.92 Å². The van der Waals surface area contributed by atoms with Crippen LogP contribution in [0.25, 0.3) is 11.1 Å². The largest absolute Gasteiger partial charge is 0.381 e. The molecular formula is C27H34N4O2. The average molecular weight is 447 g/mol. The third kappa shape index (κ3) is 5.22. The molecule has 6 nitrogen and oxygen atoms in total. The van der Waals surface area contributed by atoms with Gasteiger partial charge in [-0.3, -0.25) is 9.48 Å². The van der Waals surface area contributed by atoms with E-state index in [1.165, 1.54) is 5.56 Å². The van der Waals surface area contributed by atoms with Crippen molar-refractivity contribution in [2.45, 2.75) is 57.0 Å². The lowest BCUT2D eigenvalue weighted by Gasteiger charge is -2.30. The summed E-state index contributed by atoms with van der Waals surface area (Å²) in [5, 5.41) is 7.97. The quantitative estimate of drug-likeness (QED) is 0.590. The first-order valence-electron chi connectivity index (χ1n) is 12.3. The van der Waals surface area contributed by atoms with E-state index in [0.717, 1.165) is 69.4 Å². The van der Waals surface area contributed by atoms with Crippen molar-refractivity contribution < 1.29 is 4.74 Å². The van der Waals surface area contributed by atoms with Crippen LogP contribution in [0.1, 0.15) is 50.0 Å².